The Kier molecular flexibility index (Phi) is 6.56. The van der Waals surface area contributed by atoms with Gasteiger partial charge in [0.25, 0.3) is 0 Å². The molecule has 0 N–H and O–H groups in total. The topological polar surface area (TPSA) is 9.23 Å². The fraction of sp³-hybridized carbons (Fsp3) is 0.909. The maximum Gasteiger partial charge on any atom is 0.522 e. The highest BCUT2D eigenvalue weighted by atomic mass is 32.2. The molecule has 0 radical (unpaired) electrons. The molecule has 9 atom stereocenters. The van der Waals surface area contributed by atoms with Crippen LogP contribution in [0.1, 0.15) is 64.7 Å². The first-order valence-electron chi connectivity index (χ1n) is 11.2. The van der Waals surface area contributed by atoms with Gasteiger partial charge in [-0.05, 0) is 62.7 Å². The van der Waals surface area contributed by atoms with Crippen molar-refractivity contribution in [2.24, 2.45) is 23.7 Å². The van der Waals surface area contributed by atoms with Crippen LogP contribution in [0.25, 0.3) is 0 Å². The molecule has 2 saturated carbocycles. The van der Waals surface area contributed by atoms with Crippen LogP contribution in [0.2, 0.25) is 0 Å². The molecule has 1 saturated heterocycles. The number of hydrogen-bond acceptors (Lipinski definition) is 2. The summed E-state index contributed by atoms with van der Waals surface area (Å²) >= 11 is 1.28. The van der Waals surface area contributed by atoms with E-state index in [1.807, 2.05) is 0 Å². The average molecular weight is 439 g/mol. The standard InChI is InChI=1S/C22H31F5OS/c1-2-3-12-4-6-13(7-5-12)14-8-9-15-16-10-11-17(28-22(25,26)27)19(24)21(16)29-20(15)18(14)23/h6,12,14-21H,2-5,7-11H2,1H3. The Balaban J connectivity index is 1.42. The summed E-state index contributed by atoms with van der Waals surface area (Å²) in [4.78, 5) is 0. The minimum absolute atomic E-state index is 0.0263. The third-order valence-corrected chi connectivity index (χ3v) is 9.53. The SMILES string of the molecule is CCCC1CC=C(C2CCC3C4CCC(OC(F)(F)F)C(F)C4SC3C2F)CC1. The zero-order valence-corrected chi connectivity index (χ0v) is 17.7. The number of rotatable bonds is 4. The summed E-state index contributed by atoms with van der Waals surface area (Å²) in [5.74, 6) is 0.673. The molecule has 0 aromatic carbocycles. The molecule has 4 rings (SSSR count). The third-order valence-electron chi connectivity index (χ3n) is 7.68. The number of halogens is 5. The number of allylic oxidation sites excluding steroid dienone is 2. The Morgan fingerprint density at radius 2 is 1.69 bits per heavy atom. The first-order valence-corrected chi connectivity index (χ1v) is 12.1. The van der Waals surface area contributed by atoms with E-state index in [4.69, 9.17) is 0 Å². The maximum absolute atomic E-state index is 15.6. The molecule has 1 heterocycles. The minimum atomic E-state index is -4.82. The van der Waals surface area contributed by atoms with Crippen LogP contribution in [0.15, 0.2) is 11.6 Å². The van der Waals surface area contributed by atoms with E-state index in [0.29, 0.717) is 12.3 Å². The van der Waals surface area contributed by atoms with Crippen LogP contribution < -0.4 is 0 Å². The lowest BCUT2D eigenvalue weighted by atomic mass is 9.67. The zero-order chi connectivity index (χ0) is 20.8. The maximum atomic E-state index is 15.6. The Hall–Kier alpha value is -0.300. The summed E-state index contributed by atoms with van der Waals surface area (Å²) in [6.07, 6.45) is 0.988. The second kappa shape index (κ2) is 8.68. The van der Waals surface area contributed by atoms with Gasteiger partial charge < -0.3 is 0 Å². The Morgan fingerprint density at radius 3 is 2.31 bits per heavy atom. The van der Waals surface area contributed by atoms with Gasteiger partial charge >= 0.3 is 6.36 Å². The Labute approximate surface area is 174 Å². The molecule has 0 aromatic rings. The van der Waals surface area contributed by atoms with Gasteiger partial charge in [0.2, 0.25) is 0 Å². The summed E-state index contributed by atoms with van der Waals surface area (Å²) in [6.45, 7) is 2.19. The molecule has 4 aliphatic rings. The lowest BCUT2D eigenvalue weighted by molar-refractivity contribution is -0.351. The molecular formula is C22H31F5OS. The van der Waals surface area contributed by atoms with Gasteiger partial charge in [-0.25, -0.2) is 8.78 Å². The van der Waals surface area contributed by atoms with Crippen molar-refractivity contribution in [2.75, 3.05) is 0 Å². The number of ether oxygens (including phenoxy) is 1. The van der Waals surface area contributed by atoms with Crippen molar-refractivity contribution < 1.29 is 26.7 Å². The van der Waals surface area contributed by atoms with E-state index >= 15 is 4.39 Å². The summed E-state index contributed by atoms with van der Waals surface area (Å²) < 4.78 is 72.3. The summed E-state index contributed by atoms with van der Waals surface area (Å²) in [7, 11) is 0. The fourth-order valence-corrected chi connectivity index (χ4v) is 8.45. The Morgan fingerprint density at radius 1 is 1.00 bits per heavy atom. The van der Waals surface area contributed by atoms with Gasteiger partial charge in [0.15, 0.2) is 0 Å². The van der Waals surface area contributed by atoms with Gasteiger partial charge in [0.1, 0.15) is 12.3 Å². The van der Waals surface area contributed by atoms with Crippen molar-refractivity contribution in [3.63, 3.8) is 0 Å². The van der Waals surface area contributed by atoms with E-state index in [9.17, 15) is 17.6 Å². The highest BCUT2D eigenvalue weighted by Crippen LogP contribution is 2.58. The van der Waals surface area contributed by atoms with Gasteiger partial charge in [-0.2, -0.15) is 0 Å². The molecule has 3 aliphatic carbocycles. The number of fused-ring (bicyclic) bond motifs is 3. The second-order valence-corrected chi connectivity index (χ2v) is 10.7. The normalized spacial score (nSPS) is 45.4. The van der Waals surface area contributed by atoms with E-state index in [0.717, 1.165) is 32.1 Å². The van der Waals surface area contributed by atoms with E-state index in [2.05, 4.69) is 17.7 Å². The molecule has 0 spiro atoms. The predicted molar refractivity (Wildman–Crippen MR) is 105 cm³/mol. The largest absolute Gasteiger partial charge is 0.522 e. The van der Waals surface area contributed by atoms with Crippen LogP contribution in [0.5, 0.6) is 0 Å². The first-order chi connectivity index (χ1) is 13.8. The second-order valence-electron chi connectivity index (χ2n) is 9.35. The fourth-order valence-electron chi connectivity index (χ4n) is 6.34. The predicted octanol–water partition coefficient (Wildman–Crippen LogP) is 7.01. The van der Waals surface area contributed by atoms with Crippen LogP contribution in [0.3, 0.4) is 0 Å². The van der Waals surface area contributed by atoms with Crippen molar-refractivity contribution in [3.05, 3.63) is 11.6 Å². The lowest BCUT2D eigenvalue weighted by Gasteiger charge is -2.40. The number of hydrogen-bond donors (Lipinski definition) is 0. The van der Waals surface area contributed by atoms with E-state index in [1.165, 1.54) is 30.2 Å². The van der Waals surface area contributed by atoms with Crippen molar-refractivity contribution in [3.8, 4) is 0 Å². The first kappa shape index (κ1) is 21.9. The van der Waals surface area contributed by atoms with Gasteiger partial charge in [-0.3, -0.25) is 4.74 Å². The summed E-state index contributed by atoms with van der Waals surface area (Å²) in [5.41, 5.74) is 1.23. The van der Waals surface area contributed by atoms with Crippen LogP contribution in [0, 0.1) is 23.7 Å². The molecule has 29 heavy (non-hydrogen) atoms. The van der Waals surface area contributed by atoms with Gasteiger partial charge in [-0.15, -0.1) is 24.9 Å². The molecule has 3 fully saturated rings. The number of thioether (sulfide) groups is 1. The van der Waals surface area contributed by atoms with Crippen molar-refractivity contribution in [2.45, 2.75) is 100 Å². The highest BCUT2D eigenvalue weighted by Gasteiger charge is 2.57. The Bertz CT molecular complexity index is 609. The van der Waals surface area contributed by atoms with E-state index in [1.54, 1.807) is 0 Å². The molecular weight excluding hydrogens is 407 g/mol. The monoisotopic (exact) mass is 438 g/mol. The van der Waals surface area contributed by atoms with Crippen molar-refractivity contribution in [1.82, 2.24) is 0 Å². The van der Waals surface area contributed by atoms with Crippen LogP contribution in [-0.2, 0) is 4.74 Å². The van der Waals surface area contributed by atoms with Crippen molar-refractivity contribution in [1.29, 1.82) is 0 Å². The molecule has 0 bridgehead atoms. The van der Waals surface area contributed by atoms with Crippen LogP contribution in [-0.4, -0.2) is 35.3 Å². The highest BCUT2D eigenvalue weighted by molar-refractivity contribution is 8.00. The lowest BCUT2D eigenvalue weighted by Crippen LogP contribution is -2.45. The van der Waals surface area contributed by atoms with Crippen LogP contribution in [0.4, 0.5) is 22.0 Å². The van der Waals surface area contributed by atoms with E-state index < -0.39 is 30.1 Å². The molecule has 0 amide bonds. The minimum Gasteiger partial charge on any atom is -0.285 e. The molecule has 7 heteroatoms. The molecule has 166 valence electrons. The van der Waals surface area contributed by atoms with Crippen LogP contribution >= 0.6 is 11.8 Å². The number of alkyl halides is 5. The van der Waals surface area contributed by atoms with E-state index in [-0.39, 0.29) is 29.4 Å². The summed E-state index contributed by atoms with van der Waals surface area (Å²) in [6, 6.07) is 0. The molecule has 1 nitrogen and oxygen atoms in total. The average Bonchev–Trinajstić information content (AvgIpc) is 3.05. The van der Waals surface area contributed by atoms with Gasteiger partial charge in [-0.1, -0.05) is 31.4 Å². The van der Waals surface area contributed by atoms with Crippen molar-refractivity contribution >= 4 is 11.8 Å². The van der Waals surface area contributed by atoms with Gasteiger partial charge in [0.05, 0.1) is 6.10 Å². The molecule has 9 unspecified atom stereocenters. The molecule has 1 aliphatic heterocycles. The molecule has 0 aromatic heterocycles. The summed E-state index contributed by atoms with van der Waals surface area (Å²) in [5, 5.41) is -0.863. The van der Waals surface area contributed by atoms with Gasteiger partial charge in [0, 0.05) is 16.4 Å². The quantitative estimate of drug-likeness (QED) is 0.345. The zero-order valence-electron chi connectivity index (χ0n) is 16.8. The smallest absolute Gasteiger partial charge is 0.285 e. The third kappa shape index (κ3) is 4.51.